The number of carbonyl (C=O) groups is 1. The summed E-state index contributed by atoms with van der Waals surface area (Å²) in [5.74, 6) is 4.73. The molecule has 1 rings (SSSR count). The number of hydrogen-bond donors (Lipinski definition) is 3. The molecule has 0 aromatic heterocycles. The highest BCUT2D eigenvalue weighted by Gasteiger charge is 2.13. The minimum absolute atomic E-state index is 0.337. The summed E-state index contributed by atoms with van der Waals surface area (Å²) in [6.45, 7) is 0. The van der Waals surface area contributed by atoms with E-state index in [0.29, 0.717) is 11.3 Å². The van der Waals surface area contributed by atoms with Crippen LogP contribution in [0.3, 0.4) is 0 Å². The SMILES string of the molecule is CNc1c(Br)cc(Br)cc1C(=O)NN. The second-order valence-electron chi connectivity index (χ2n) is 2.53. The summed E-state index contributed by atoms with van der Waals surface area (Å²) in [6.07, 6.45) is 0. The molecule has 0 aliphatic rings. The molecule has 4 N–H and O–H groups in total. The first kappa shape index (κ1) is 11.5. The van der Waals surface area contributed by atoms with E-state index in [0.717, 1.165) is 8.95 Å². The van der Waals surface area contributed by atoms with E-state index in [1.807, 2.05) is 6.07 Å². The molecule has 4 nitrogen and oxygen atoms in total. The van der Waals surface area contributed by atoms with Crippen LogP contribution in [0.2, 0.25) is 0 Å². The second-order valence-corrected chi connectivity index (χ2v) is 4.30. The molecule has 14 heavy (non-hydrogen) atoms. The lowest BCUT2D eigenvalue weighted by Crippen LogP contribution is -2.30. The van der Waals surface area contributed by atoms with Crippen molar-refractivity contribution in [3.05, 3.63) is 26.6 Å². The van der Waals surface area contributed by atoms with E-state index in [-0.39, 0.29) is 5.91 Å². The van der Waals surface area contributed by atoms with Crippen LogP contribution in [-0.2, 0) is 0 Å². The number of carbonyl (C=O) groups excluding carboxylic acids is 1. The third-order valence-corrected chi connectivity index (χ3v) is 2.76. The predicted molar refractivity (Wildman–Crippen MR) is 63.0 cm³/mol. The topological polar surface area (TPSA) is 67.2 Å². The van der Waals surface area contributed by atoms with Gasteiger partial charge in [-0.1, -0.05) is 15.9 Å². The van der Waals surface area contributed by atoms with Crippen molar-refractivity contribution in [2.45, 2.75) is 0 Å². The van der Waals surface area contributed by atoms with E-state index in [9.17, 15) is 4.79 Å². The van der Waals surface area contributed by atoms with Gasteiger partial charge in [-0.15, -0.1) is 0 Å². The summed E-state index contributed by atoms with van der Waals surface area (Å²) in [4.78, 5) is 11.4. The molecule has 0 spiro atoms. The van der Waals surface area contributed by atoms with Gasteiger partial charge in [0.2, 0.25) is 0 Å². The van der Waals surface area contributed by atoms with Crippen molar-refractivity contribution in [3.63, 3.8) is 0 Å². The lowest BCUT2D eigenvalue weighted by Gasteiger charge is -2.10. The van der Waals surface area contributed by atoms with Crippen molar-refractivity contribution < 1.29 is 4.79 Å². The minimum atomic E-state index is -0.337. The molecule has 0 aliphatic carbocycles. The summed E-state index contributed by atoms with van der Waals surface area (Å²) in [5, 5.41) is 2.92. The van der Waals surface area contributed by atoms with Crippen LogP contribution in [0.1, 0.15) is 10.4 Å². The van der Waals surface area contributed by atoms with E-state index >= 15 is 0 Å². The molecule has 0 fully saturated rings. The molecule has 0 radical (unpaired) electrons. The summed E-state index contributed by atoms with van der Waals surface area (Å²) >= 11 is 6.64. The number of hydrazine groups is 1. The Morgan fingerprint density at radius 2 is 2.07 bits per heavy atom. The average molecular weight is 323 g/mol. The molecule has 0 bridgehead atoms. The Morgan fingerprint density at radius 1 is 1.43 bits per heavy atom. The fourth-order valence-corrected chi connectivity index (χ4v) is 2.51. The van der Waals surface area contributed by atoms with Gasteiger partial charge in [-0.05, 0) is 28.1 Å². The monoisotopic (exact) mass is 321 g/mol. The van der Waals surface area contributed by atoms with Gasteiger partial charge >= 0.3 is 0 Å². The number of benzene rings is 1. The number of nitrogens with one attached hydrogen (secondary N) is 2. The van der Waals surface area contributed by atoms with Crippen molar-refractivity contribution >= 4 is 43.5 Å². The fraction of sp³-hybridized carbons (Fsp3) is 0.125. The Morgan fingerprint density at radius 3 is 2.57 bits per heavy atom. The van der Waals surface area contributed by atoms with Gasteiger partial charge in [0, 0.05) is 16.0 Å². The van der Waals surface area contributed by atoms with Gasteiger partial charge in [0.15, 0.2) is 0 Å². The van der Waals surface area contributed by atoms with Crippen LogP contribution >= 0.6 is 31.9 Å². The highest BCUT2D eigenvalue weighted by molar-refractivity contribution is 9.11. The molecule has 0 atom stereocenters. The van der Waals surface area contributed by atoms with E-state index < -0.39 is 0 Å². The van der Waals surface area contributed by atoms with Crippen molar-refractivity contribution in [2.24, 2.45) is 5.84 Å². The zero-order valence-electron chi connectivity index (χ0n) is 7.40. The molecule has 0 aliphatic heterocycles. The third-order valence-electron chi connectivity index (χ3n) is 1.68. The summed E-state index contributed by atoms with van der Waals surface area (Å²) in [5.41, 5.74) is 3.28. The quantitative estimate of drug-likeness (QED) is 0.442. The van der Waals surface area contributed by atoms with Crippen LogP contribution in [0.4, 0.5) is 5.69 Å². The number of anilines is 1. The maximum absolute atomic E-state index is 11.4. The van der Waals surface area contributed by atoms with E-state index in [1.54, 1.807) is 13.1 Å². The largest absolute Gasteiger partial charge is 0.387 e. The number of nitrogens with two attached hydrogens (primary N) is 1. The molecule has 1 aromatic rings. The average Bonchev–Trinajstić information content (AvgIpc) is 2.15. The summed E-state index contributed by atoms with van der Waals surface area (Å²) in [7, 11) is 1.74. The number of amides is 1. The normalized spacial score (nSPS) is 9.71. The maximum Gasteiger partial charge on any atom is 0.267 e. The summed E-state index contributed by atoms with van der Waals surface area (Å²) in [6, 6.07) is 3.54. The van der Waals surface area contributed by atoms with Crippen molar-refractivity contribution in [1.82, 2.24) is 5.43 Å². The Labute approximate surface area is 98.5 Å². The molecule has 0 heterocycles. The Hall–Kier alpha value is -0.590. The van der Waals surface area contributed by atoms with Gasteiger partial charge in [-0.2, -0.15) is 0 Å². The highest BCUT2D eigenvalue weighted by atomic mass is 79.9. The van der Waals surface area contributed by atoms with Gasteiger partial charge in [-0.25, -0.2) is 5.84 Å². The molecule has 1 aromatic carbocycles. The smallest absolute Gasteiger partial charge is 0.267 e. The Balaban J connectivity index is 3.32. The van der Waals surface area contributed by atoms with Gasteiger partial charge in [0.25, 0.3) is 5.91 Å². The first-order valence-electron chi connectivity index (χ1n) is 3.78. The van der Waals surface area contributed by atoms with E-state index in [2.05, 4.69) is 42.6 Å². The van der Waals surface area contributed by atoms with Crippen LogP contribution in [0.15, 0.2) is 21.1 Å². The molecule has 0 saturated carbocycles. The van der Waals surface area contributed by atoms with Gasteiger partial charge in [0.05, 0.1) is 11.3 Å². The molecular formula is C8H9Br2N3O. The number of hydrogen-bond acceptors (Lipinski definition) is 3. The second kappa shape index (κ2) is 4.77. The number of nitrogen functional groups attached to an aromatic ring is 1. The van der Waals surface area contributed by atoms with Gasteiger partial charge in [0.1, 0.15) is 0 Å². The van der Waals surface area contributed by atoms with Crippen LogP contribution < -0.4 is 16.6 Å². The number of rotatable bonds is 2. The molecule has 6 heteroatoms. The number of halogens is 2. The minimum Gasteiger partial charge on any atom is -0.387 e. The van der Waals surface area contributed by atoms with Crippen molar-refractivity contribution in [3.8, 4) is 0 Å². The molecule has 0 saturated heterocycles. The molecule has 0 unspecified atom stereocenters. The summed E-state index contributed by atoms with van der Waals surface area (Å²) < 4.78 is 1.61. The Kier molecular flexibility index (Phi) is 3.91. The zero-order valence-corrected chi connectivity index (χ0v) is 10.6. The van der Waals surface area contributed by atoms with Gasteiger partial charge in [-0.3, -0.25) is 10.2 Å². The van der Waals surface area contributed by atoms with Crippen molar-refractivity contribution in [1.29, 1.82) is 0 Å². The van der Waals surface area contributed by atoms with Crippen LogP contribution in [0.25, 0.3) is 0 Å². The predicted octanol–water partition coefficient (Wildman–Crippen LogP) is 1.86. The maximum atomic E-state index is 11.4. The highest BCUT2D eigenvalue weighted by Crippen LogP contribution is 2.30. The van der Waals surface area contributed by atoms with Gasteiger partial charge < -0.3 is 5.32 Å². The Bertz CT molecular complexity index is 368. The molecule has 1 amide bonds. The lowest BCUT2D eigenvalue weighted by atomic mass is 10.1. The molecular weight excluding hydrogens is 314 g/mol. The van der Waals surface area contributed by atoms with Crippen LogP contribution in [-0.4, -0.2) is 13.0 Å². The standard InChI is InChI=1S/C8H9Br2N3O/c1-12-7-5(8(14)13-11)2-4(9)3-6(7)10/h2-3,12H,11H2,1H3,(H,13,14). The first-order chi connectivity index (χ1) is 6.60. The zero-order chi connectivity index (χ0) is 10.7. The van der Waals surface area contributed by atoms with Crippen LogP contribution in [0, 0.1) is 0 Å². The van der Waals surface area contributed by atoms with Crippen LogP contribution in [0.5, 0.6) is 0 Å². The first-order valence-corrected chi connectivity index (χ1v) is 5.36. The third kappa shape index (κ3) is 2.26. The van der Waals surface area contributed by atoms with E-state index in [4.69, 9.17) is 5.84 Å². The lowest BCUT2D eigenvalue weighted by molar-refractivity contribution is 0.0954. The fourth-order valence-electron chi connectivity index (χ4n) is 1.08. The molecule has 76 valence electrons. The van der Waals surface area contributed by atoms with E-state index in [1.165, 1.54) is 0 Å². The van der Waals surface area contributed by atoms with Crippen molar-refractivity contribution in [2.75, 3.05) is 12.4 Å².